The van der Waals surface area contributed by atoms with Gasteiger partial charge in [0.15, 0.2) is 5.96 Å². The zero-order valence-corrected chi connectivity index (χ0v) is 17.5. The Morgan fingerprint density at radius 3 is 2.45 bits per heavy atom. The summed E-state index contributed by atoms with van der Waals surface area (Å²) in [4.78, 5) is 6.40. The van der Waals surface area contributed by atoms with Crippen molar-refractivity contribution in [2.75, 3.05) is 27.2 Å². The number of nitrogens with zero attached hydrogens (tertiary/aromatic N) is 3. The van der Waals surface area contributed by atoms with Gasteiger partial charge in [0, 0.05) is 51.7 Å². The second-order valence-corrected chi connectivity index (χ2v) is 6.70. The van der Waals surface area contributed by atoms with Crippen molar-refractivity contribution in [1.29, 1.82) is 0 Å². The Morgan fingerprint density at radius 2 is 2.00 bits per heavy atom. The van der Waals surface area contributed by atoms with Crippen molar-refractivity contribution in [3.63, 3.8) is 0 Å². The van der Waals surface area contributed by atoms with Crippen molar-refractivity contribution in [3.05, 3.63) is 23.0 Å². The van der Waals surface area contributed by atoms with Crippen LogP contribution in [0.3, 0.4) is 0 Å². The first-order valence-electron chi connectivity index (χ1n) is 7.20. The zero-order chi connectivity index (χ0) is 16.0. The van der Waals surface area contributed by atoms with E-state index in [0.29, 0.717) is 0 Å². The summed E-state index contributed by atoms with van der Waals surface area (Å²) in [5.74, 6) is 0.878. The molecule has 1 heterocycles. The van der Waals surface area contributed by atoms with Gasteiger partial charge < -0.3 is 20.1 Å². The molecular formula is C15H29ClIN5. The molecule has 2 N–H and O–H groups in total. The Labute approximate surface area is 156 Å². The Balaban J connectivity index is 0.00000441. The fourth-order valence-electron chi connectivity index (χ4n) is 2.04. The zero-order valence-electron chi connectivity index (χ0n) is 14.4. The van der Waals surface area contributed by atoms with Gasteiger partial charge in [0.05, 0.1) is 11.6 Å². The molecule has 0 spiro atoms. The van der Waals surface area contributed by atoms with Gasteiger partial charge in [-0.25, -0.2) is 0 Å². The minimum atomic E-state index is 0. The highest BCUT2D eigenvalue weighted by molar-refractivity contribution is 14.0. The van der Waals surface area contributed by atoms with E-state index in [4.69, 9.17) is 11.6 Å². The molecule has 0 unspecified atom stereocenters. The molecule has 0 radical (unpaired) electrons. The van der Waals surface area contributed by atoms with Crippen LogP contribution in [0.1, 0.15) is 26.5 Å². The Bertz CT molecular complexity index is 479. The van der Waals surface area contributed by atoms with Crippen LogP contribution in [0.4, 0.5) is 0 Å². The number of hydrogen-bond donors (Lipinski definition) is 2. The van der Waals surface area contributed by atoms with E-state index in [0.717, 1.165) is 36.3 Å². The van der Waals surface area contributed by atoms with E-state index < -0.39 is 0 Å². The van der Waals surface area contributed by atoms with Crippen LogP contribution < -0.4 is 10.6 Å². The lowest BCUT2D eigenvalue weighted by Gasteiger charge is -2.24. The van der Waals surface area contributed by atoms with Gasteiger partial charge in [-0.1, -0.05) is 11.6 Å². The summed E-state index contributed by atoms with van der Waals surface area (Å²) in [7, 11) is 5.82. The van der Waals surface area contributed by atoms with Crippen LogP contribution in [-0.2, 0) is 13.6 Å². The lowest BCUT2D eigenvalue weighted by atomic mass is 10.1. The summed E-state index contributed by atoms with van der Waals surface area (Å²) < 4.78 is 2.03. The second kappa shape index (κ2) is 9.62. The number of hydrogen-bond acceptors (Lipinski definition) is 2. The number of aliphatic imine (C=N–C) groups is 1. The molecule has 0 aliphatic heterocycles. The normalized spacial score (nSPS) is 12.0. The fraction of sp³-hybridized carbons (Fsp3) is 0.667. The molecule has 7 heteroatoms. The summed E-state index contributed by atoms with van der Waals surface area (Å²) >= 11 is 6.01. The van der Waals surface area contributed by atoms with Crippen LogP contribution in [0.5, 0.6) is 0 Å². The van der Waals surface area contributed by atoms with Crippen molar-refractivity contribution in [2.45, 2.75) is 32.9 Å². The van der Waals surface area contributed by atoms with Crippen molar-refractivity contribution in [2.24, 2.45) is 12.0 Å². The number of halogens is 2. The topological polar surface area (TPSA) is 44.6 Å². The molecule has 0 aliphatic carbocycles. The van der Waals surface area contributed by atoms with Crippen LogP contribution >= 0.6 is 35.6 Å². The third-order valence-electron chi connectivity index (χ3n) is 3.11. The van der Waals surface area contributed by atoms with E-state index in [2.05, 4.69) is 41.3 Å². The first-order valence-corrected chi connectivity index (χ1v) is 7.58. The van der Waals surface area contributed by atoms with Crippen molar-refractivity contribution >= 4 is 41.5 Å². The van der Waals surface area contributed by atoms with Crippen molar-refractivity contribution in [1.82, 2.24) is 20.1 Å². The summed E-state index contributed by atoms with van der Waals surface area (Å²) in [6, 6.07) is 1.98. The van der Waals surface area contributed by atoms with E-state index >= 15 is 0 Å². The minimum Gasteiger partial charge on any atom is -0.355 e. The van der Waals surface area contributed by atoms with Crippen LogP contribution in [0.25, 0.3) is 0 Å². The molecule has 0 bridgehead atoms. The van der Waals surface area contributed by atoms with Gasteiger partial charge in [0.1, 0.15) is 0 Å². The molecule has 0 saturated carbocycles. The molecule has 22 heavy (non-hydrogen) atoms. The molecule has 128 valence electrons. The molecule has 1 aromatic heterocycles. The van der Waals surface area contributed by atoms with Gasteiger partial charge in [0.25, 0.3) is 0 Å². The largest absolute Gasteiger partial charge is 0.355 e. The molecule has 1 rings (SSSR count). The van der Waals surface area contributed by atoms with E-state index in [9.17, 15) is 0 Å². The standard InChI is InChI=1S/C15H28ClN5.HI/c1-15(2,3)19-8-7-18-14(17-4)21(6)11-13-9-12(16)10-20(13)5;/h9-10,19H,7-8,11H2,1-6H3,(H,17,18);1H. The lowest BCUT2D eigenvalue weighted by molar-refractivity contribution is 0.420. The highest BCUT2D eigenvalue weighted by Crippen LogP contribution is 2.14. The molecule has 0 aliphatic rings. The van der Waals surface area contributed by atoms with Gasteiger partial charge >= 0.3 is 0 Å². The monoisotopic (exact) mass is 441 g/mol. The molecule has 0 amide bonds. The lowest BCUT2D eigenvalue weighted by Crippen LogP contribution is -2.44. The fourth-order valence-corrected chi connectivity index (χ4v) is 2.31. The van der Waals surface area contributed by atoms with E-state index in [-0.39, 0.29) is 29.5 Å². The SMILES string of the molecule is CN=C(NCCNC(C)(C)C)N(C)Cc1cc(Cl)cn1C.I. The number of nitrogens with one attached hydrogen (secondary N) is 2. The Morgan fingerprint density at radius 1 is 1.36 bits per heavy atom. The first-order chi connectivity index (χ1) is 9.73. The van der Waals surface area contributed by atoms with Crippen molar-refractivity contribution < 1.29 is 0 Å². The second-order valence-electron chi connectivity index (χ2n) is 6.27. The highest BCUT2D eigenvalue weighted by atomic mass is 127. The average Bonchev–Trinajstić information content (AvgIpc) is 2.66. The van der Waals surface area contributed by atoms with Crippen LogP contribution in [-0.4, -0.2) is 48.2 Å². The van der Waals surface area contributed by atoms with E-state index in [1.54, 1.807) is 7.05 Å². The summed E-state index contributed by atoms with van der Waals surface area (Å²) in [6.07, 6.45) is 1.91. The summed E-state index contributed by atoms with van der Waals surface area (Å²) in [5.41, 5.74) is 1.29. The summed E-state index contributed by atoms with van der Waals surface area (Å²) in [6.45, 7) is 8.97. The van der Waals surface area contributed by atoms with Gasteiger partial charge in [-0.15, -0.1) is 24.0 Å². The molecule has 0 fully saturated rings. The number of guanidine groups is 1. The average molecular weight is 442 g/mol. The van der Waals surface area contributed by atoms with Gasteiger partial charge in [-0.05, 0) is 26.8 Å². The molecule has 0 saturated heterocycles. The molecule has 1 aromatic rings. The first kappa shape index (κ1) is 21.5. The maximum atomic E-state index is 6.01. The molecule has 0 aromatic carbocycles. The Hall–Kier alpha value is -0.470. The van der Waals surface area contributed by atoms with Gasteiger partial charge in [-0.2, -0.15) is 0 Å². The highest BCUT2D eigenvalue weighted by Gasteiger charge is 2.11. The minimum absolute atomic E-state index is 0. The maximum Gasteiger partial charge on any atom is 0.193 e. The Kier molecular flexibility index (Phi) is 9.41. The van der Waals surface area contributed by atoms with Gasteiger partial charge in [0.2, 0.25) is 0 Å². The predicted octanol–water partition coefficient (Wildman–Crippen LogP) is 2.69. The quantitative estimate of drug-likeness (QED) is 0.320. The maximum absolute atomic E-state index is 6.01. The van der Waals surface area contributed by atoms with Crippen LogP contribution in [0.15, 0.2) is 17.3 Å². The third-order valence-corrected chi connectivity index (χ3v) is 3.32. The smallest absolute Gasteiger partial charge is 0.193 e. The number of aryl methyl sites for hydroxylation is 1. The van der Waals surface area contributed by atoms with E-state index in [1.165, 1.54) is 0 Å². The summed E-state index contributed by atoms with van der Waals surface area (Å²) in [5, 5.41) is 7.57. The predicted molar refractivity (Wildman–Crippen MR) is 106 cm³/mol. The molecule has 5 nitrogen and oxygen atoms in total. The van der Waals surface area contributed by atoms with E-state index in [1.807, 2.05) is 30.9 Å². The number of rotatable bonds is 5. The van der Waals surface area contributed by atoms with Gasteiger partial charge in [-0.3, -0.25) is 4.99 Å². The third kappa shape index (κ3) is 7.69. The molecule has 0 atom stereocenters. The van der Waals surface area contributed by atoms with Crippen LogP contribution in [0.2, 0.25) is 5.02 Å². The van der Waals surface area contributed by atoms with Crippen molar-refractivity contribution in [3.8, 4) is 0 Å². The molecular weight excluding hydrogens is 413 g/mol. The number of aromatic nitrogens is 1. The van der Waals surface area contributed by atoms with Crippen LogP contribution in [0, 0.1) is 0 Å².